The summed E-state index contributed by atoms with van der Waals surface area (Å²) in [6.07, 6.45) is 6.61. The molecule has 0 amide bonds. The maximum atomic E-state index is 6.58. The quantitative estimate of drug-likeness (QED) is 0.913. The number of nitrogens with zero attached hydrogens (tertiary/aromatic N) is 1. The Kier molecular flexibility index (Phi) is 3.55. The van der Waals surface area contributed by atoms with Crippen LogP contribution in [-0.4, -0.2) is 4.98 Å². The van der Waals surface area contributed by atoms with Gasteiger partial charge in [-0.25, -0.2) is 4.98 Å². The highest BCUT2D eigenvalue weighted by Gasteiger charge is 2.37. The van der Waals surface area contributed by atoms with Crippen molar-refractivity contribution >= 4 is 11.1 Å². The second-order valence-electron chi connectivity index (χ2n) is 6.18. The third kappa shape index (κ3) is 2.35. The first-order valence-corrected chi connectivity index (χ1v) is 7.83. The van der Waals surface area contributed by atoms with Crippen LogP contribution < -0.4 is 5.73 Å². The molecule has 3 nitrogen and oxygen atoms in total. The number of aryl methyl sites for hydroxylation is 1. The molecule has 2 N–H and O–H groups in total. The van der Waals surface area contributed by atoms with Crippen LogP contribution in [0, 0.1) is 5.92 Å². The normalized spacial score (nSPS) is 27.1. The minimum atomic E-state index is -0.364. The average molecular weight is 272 g/mol. The van der Waals surface area contributed by atoms with Crippen molar-refractivity contribution in [3.63, 3.8) is 0 Å². The van der Waals surface area contributed by atoms with Crippen LogP contribution in [0.5, 0.6) is 0 Å². The highest BCUT2D eigenvalue weighted by Crippen LogP contribution is 2.39. The molecule has 0 aliphatic heterocycles. The summed E-state index contributed by atoms with van der Waals surface area (Å²) < 4.78 is 5.94. The monoisotopic (exact) mass is 272 g/mol. The summed E-state index contributed by atoms with van der Waals surface area (Å²) in [4.78, 5) is 4.68. The maximum Gasteiger partial charge on any atom is 0.215 e. The Morgan fingerprint density at radius 2 is 2.05 bits per heavy atom. The van der Waals surface area contributed by atoms with Crippen molar-refractivity contribution in [3.05, 3.63) is 29.7 Å². The Bertz CT molecular complexity index is 594. The first-order valence-electron chi connectivity index (χ1n) is 7.83. The van der Waals surface area contributed by atoms with Crippen LogP contribution in [0.15, 0.2) is 22.6 Å². The number of rotatable bonds is 3. The largest absolute Gasteiger partial charge is 0.439 e. The third-order valence-corrected chi connectivity index (χ3v) is 4.86. The van der Waals surface area contributed by atoms with Crippen LogP contribution >= 0.6 is 0 Å². The molecule has 20 heavy (non-hydrogen) atoms. The van der Waals surface area contributed by atoms with E-state index in [1.807, 2.05) is 6.07 Å². The minimum absolute atomic E-state index is 0.364. The fraction of sp³-hybridized carbons (Fsp3) is 0.588. The number of hydrogen-bond donors (Lipinski definition) is 1. The Morgan fingerprint density at radius 1 is 1.30 bits per heavy atom. The zero-order valence-electron chi connectivity index (χ0n) is 12.5. The highest BCUT2D eigenvalue weighted by atomic mass is 16.4. The van der Waals surface area contributed by atoms with Gasteiger partial charge < -0.3 is 10.2 Å². The lowest BCUT2D eigenvalue weighted by atomic mass is 9.76. The van der Waals surface area contributed by atoms with Crippen LogP contribution in [0.1, 0.15) is 57.4 Å². The summed E-state index contributed by atoms with van der Waals surface area (Å²) in [5, 5.41) is 0. The molecule has 1 aromatic heterocycles. The molecule has 3 rings (SSSR count). The molecule has 0 bridgehead atoms. The van der Waals surface area contributed by atoms with Crippen molar-refractivity contribution in [3.8, 4) is 0 Å². The number of benzene rings is 1. The van der Waals surface area contributed by atoms with Crippen molar-refractivity contribution in [2.24, 2.45) is 11.7 Å². The average Bonchev–Trinajstić information content (AvgIpc) is 2.91. The molecule has 0 unspecified atom stereocenters. The van der Waals surface area contributed by atoms with Crippen LogP contribution in [0.3, 0.4) is 0 Å². The van der Waals surface area contributed by atoms with Gasteiger partial charge in [-0.2, -0.15) is 0 Å². The number of oxazole rings is 1. The van der Waals surface area contributed by atoms with Gasteiger partial charge in [0, 0.05) is 0 Å². The van der Waals surface area contributed by atoms with Crippen LogP contribution in [-0.2, 0) is 12.0 Å². The first-order chi connectivity index (χ1) is 9.64. The first kappa shape index (κ1) is 13.6. The molecule has 0 spiro atoms. The van der Waals surface area contributed by atoms with E-state index in [0.29, 0.717) is 0 Å². The second-order valence-corrected chi connectivity index (χ2v) is 6.18. The van der Waals surface area contributed by atoms with Gasteiger partial charge in [0.05, 0.1) is 5.54 Å². The maximum absolute atomic E-state index is 6.58. The van der Waals surface area contributed by atoms with E-state index in [2.05, 4.69) is 31.0 Å². The summed E-state index contributed by atoms with van der Waals surface area (Å²) in [5.74, 6) is 1.55. The van der Waals surface area contributed by atoms with Crippen molar-refractivity contribution in [1.29, 1.82) is 0 Å². The molecule has 1 saturated carbocycles. The fourth-order valence-electron chi connectivity index (χ4n) is 3.22. The molecule has 1 fully saturated rings. The summed E-state index contributed by atoms with van der Waals surface area (Å²) in [6, 6.07) is 6.24. The van der Waals surface area contributed by atoms with Crippen LogP contribution in [0.25, 0.3) is 11.1 Å². The molecule has 0 saturated heterocycles. The predicted molar refractivity (Wildman–Crippen MR) is 81.5 cm³/mol. The lowest BCUT2D eigenvalue weighted by Crippen LogP contribution is -2.40. The van der Waals surface area contributed by atoms with E-state index >= 15 is 0 Å². The molecule has 1 aromatic carbocycles. The molecule has 3 heteroatoms. The second kappa shape index (κ2) is 5.21. The highest BCUT2D eigenvalue weighted by molar-refractivity contribution is 5.73. The number of hydrogen-bond acceptors (Lipinski definition) is 3. The minimum Gasteiger partial charge on any atom is -0.439 e. The fourth-order valence-corrected chi connectivity index (χ4v) is 3.22. The number of fused-ring (bicyclic) bond motifs is 1. The van der Waals surface area contributed by atoms with Crippen LogP contribution in [0.2, 0.25) is 0 Å². The van der Waals surface area contributed by atoms with Gasteiger partial charge in [0.1, 0.15) is 5.52 Å². The van der Waals surface area contributed by atoms with Gasteiger partial charge >= 0.3 is 0 Å². The van der Waals surface area contributed by atoms with E-state index < -0.39 is 0 Å². The Hall–Kier alpha value is -1.35. The smallest absolute Gasteiger partial charge is 0.215 e. The van der Waals surface area contributed by atoms with E-state index in [1.54, 1.807) is 0 Å². The molecular formula is C17H24N2O. The third-order valence-electron chi connectivity index (χ3n) is 4.86. The molecule has 0 radical (unpaired) electrons. The topological polar surface area (TPSA) is 52.0 Å². The van der Waals surface area contributed by atoms with E-state index in [1.165, 1.54) is 24.8 Å². The standard InChI is InChI=1S/C17H24N2O/c1-3-12-7-9-17(18,10-8-12)16-19-14-11-13(4-2)5-6-15(14)20-16/h5-6,11-12H,3-4,7-10,18H2,1-2H3. The zero-order chi connectivity index (χ0) is 14.2. The SMILES string of the molecule is CCc1ccc2oc(C3(N)CCC(CC)CC3)nc2c1. The summed E-state index contributed by atoms with van der Waals surface area (Å²) in [5.41, 5.74) is 9.31. The van der Waals surface area contributed by atoms with Gasteiger partial charge in [0.2, 0.25) is 5.89 Å². The molecule has 2 aromatic rings. The number of nitrogens with two attached hydrogens (primary N) is 1. The Morgan fingerprint density at radius 3 is 2.70 bits per heavy atom. The van der Waals surface area contributed by atoms with Gasteiger partial charge in [-0.3, -0.25) is 0 Å². The van der Waals surface area contributed by atoms with Gasteiger partial charge in [0.15, 0.2) is 5.58 Å². The molecule has 0 atom stereocenters. The molecule has 108 valence electrons. The van der Waals surface area contributed by atoms with Crippen molar-refractivity contribution in [2.75, 3.05) is 0 Å². The van der Waals surface area contributed by atoms with Gasteiger partial charge in [-0.15, -0.1) is 0 Å². The Balaban J connectivity index is 1.90. The summed E-state index contributed by atoms with van der Waals surface area (Å²) >= 11 is 0. The summed E-state index contributed by atoms with van der Waals surface area (Å²) in [7, 11) is 0. The molecule has 1 heterocycles. The van der Waals surface area contributed by atoms with E-state index in [-0.39, 0.29) is 5.54 Å². The lowest BCUT2D eigenvalue weighted by Gasteiger charge is -2.34. The molecule has 1 aliphatic rings. The predicted octanol–water partition coefficient (Wildman–Crippen LogP) is 4.14. The van der Waals surface area contributed by atoms with Crippen molar-refractivity contribution < 1.29 is 4.42 Å². The van der Waals surface area contributed by atoms with Crippen molar-refractivity contribution in [2.45, 2.75) is 57.9 Å². The molecule has 1 aliphatic carbocycles. The van der Waals surface area contributed by atoms with E-state index in [4.69, 9.17) is 10.2 Å². The zero-order valence-corrected chi connectivity index (χ0v) is 12.5. The Labute approximate surface area is 120 Å². The van der Waals surface area contributed by atoms with Gasteiger partial charge in [-0.1, -0.05) is 26.3 Å². The van der Waals surface area contributed by atoms with Gasteiger partial charge in [0.25, 0.3) is 0 Å². The van der Waals surface area contributed by atoms with Crippen LogP contribution in [0.4, 0.5) is 0 Å². The lowest BCUT2D eigenvalue weighted by molar-refractivity contribution is 0.198. The van der Waals surface area contributed by atoms with E-state index in [0.717, 1.165) is 42.2 Å². The number of aromatic nitrogens is 1. The van der Waals surface area contributed by atoms with E-state index in [9.17, 15) is 0 Å². The summed E-state index contributed by atoms with van der Waals surface area (Å²) in [6.45, 7) is 4.42. The molecular weight excluding hydrogens is 248 g/mol. The van der Waals surface area contributed by atoms with Gasteiger partial charge in [-0.05, 0) is 55.7 Å². The van der Waals surface area contributed by atoms with Crippen molar-refractivity contribution in [1.82, 2.24) is 4.98 Å².